The van der Waals surface area contributed by atoms with Crippen molar-refractivity contribution in [3.63, 3.8) is 0 Å². The van der Waals surface area contributed by atoms with Gasteiger partial charge in [0.05, 0.1) is 5.69 Å². The molecule has 1 aromatic heterocycles. The number of hydrogen-bond donors (Lipinski definition) is 0. The Bertz CT molecular complexity index is 690. The number of ketones is 1. The molecule has 0 radical (unpaired) electrons. The zero-order chi connectivity index (χ0) is 13.1. The van der Waals surface area contributed by atoms with Gasteiger partial charge in [0.2, 0.25) is 11.6 Å². The first kappa shape index (κ1) is 11.3. The number of para-hydroxylation sites is 1. The molecular formula is C15H11N3O. The number of aromatic nitrogens is 3. The lowest BCUT2D eigenvalue weighted by atomic mass is 10.1. The van der Waals surface area contributed by atoms with Gasteiger partial charge in [-0.05, 0) is 12.1 Å². The first-order valence-electron chi connectivity index (χ1n) is 5.91. The van der Waals surface area contributed by atoms with Gasteiger partial charge in [-0.25, -0.2) is 9.67 Å². The minimum Gasteiger partial charge on any atom is -0.285 e. The van der Waals surface area contributed by atoms with Crippen molar-refractivity contribution >= 4 is 5.78 Å². The molecule has 0 amide bonds. The third-order valence-electron chi connectivity index (χ3n) is 2.79. The SMILES string of the molecule is O=C(c1ccccc1)c1ncnn1-c1ccccc1. The van der Waals surface area contributed by atoms with E-state index in [2.05, 4.69) is 10.1 Å². The van der Waals surface area contributed by atoms with Gasteiger partial charge >= 0.3 is 0 Å². The highest BCUT2D eigenvalue weighted by Gasteiger charge is 2.16. The Morgan fingerprint density at radius 3 is 2.21 bits per heavy atom. The summed E-state index contributed by atoms with van der Waals surface area (Å²) in [7, 11) is 0. The van der Waals surface area contributed by atoms with Gasteiger partial charge in [0.25, 0.3) is 0 Å². The van der Waals surface area contributed by atoms with E-state index in [9.17, 15) is 4.79 Å². The first-order valence-corrected chi connectivity index (χ1v) is 5.91. The molecule has 0 bridgehead atoms. The Hall–Kier alpha value is -2.75. The van der Waals surface area contributed by atoms with Crippen LogP contribution in [0.25, 0.3) is 5.69 Å². The number of hydrogen-bond acceptors (Lipinski definition) is 3. The van der Waals surface area contributed by atoms with Crippen LogP contribution in [0.5, 0.6) is 0 Å². The molecular weight excluding hydrogens is 238 g/mol. The maximum absolute atomic E-state index is 12.4. The van der Waals surface area contributed by atoms with Crippen LogP contribution in [0.3, 0.4) is 0 Å². The molecule has 4 nitrogen and oxygen atoms in total. The lowest BCUT2D eigenvalue weighted by molar-refractivity contribution is 0.102. The smallest absolute Gasteiger partial charge is 0.230 e. The van der Waals surface area contributed by atoms with Crippen LogP contribution < -0.4 is 0 Å². The molecule has 0 aliphatic carbocycles. The van der Waals surface area contributed by atoms with Crippen LogP contribution in [0, 0.1) is 0 Å². The minimum absolute atomic E-state index is 0.137. The van der Waals surface area contributed by atoms with E-state index in [4.69, 9.17) is 0 Å². The van der Waals surface area contributed by atoms with E-state index in [0.717, 1.165) is 5.69 Å². The molecule has 92 valence electrons. The van der Waals surface area contributed by atoms with Crippen molar-refractivity contribution in [3.05, 3.63) is 78.4 Å². The summed E-state index contributed by atoms with van der Waals surface area (Å²) in [6, 6.07) is 18.6. The molecule has 2 aromatic carbocycles. The predicted octanol–water partition coefficient (Wildman–Crippen LogP) is 2.50. The monoisotopic (exact) mass is 249 g/mol. The number of nitrogens with zero attached hydrogens (tertiary/aromatic N) is 3. The van der Waals surface area contributed by atoms with Crippen molar-refractivity contribution in [2.45, 2.75) is 0 Å². The standard InChI is InChI=1S/C15H11N3O/c19-14(12-7-3-1-4-8-12)15-16-11-17-18(15)13-9-5-2-6-10-13/h1-11H. The number of rotatable bonds is 3. The van der Waals surface area contributed by atoms with Crippen LogP contribution in [-0.2, 0) is 0 Å². The predicted molar refractivity (Wildman–Crippen MR) is 71.2 cm³/mol. The van der Waals surface area contributed by atoms with Crippen LogP contribution in [0.15, 0.2) is 67.0 Å². The lowest BCUT2D eigenvalue weighted by Gasteiger charge is -2.04. The fraction of sp³-hybridized carbons (Fsp3) is 0. The molecule has 0 saturated heterocycles. The zero-order valence-corrected chi connectivity index (χ0v) is 10.1. The highest BCUT2D eigenvalue weighted by Crippen LogP contribution is 2.12. The summed E-state index contributed by atoms with van der Waals surface area (Å²) in [6.07, 6.45) is 1.39. The van der Waals surface area contributed by atoms with Gasteiger partial charge in [0.1, 0.15) is 6.33 Å². The van der Waals surface area contributed by atoms with Crippen LogP contribution in [0.2, 0.25) is 0 Å². The summed E-state index contributed by atoms with van der Waals surface area (Å²) >= 11 is 0. The van der Waals surface area contributed by atoms with Crippen molar-refractivity contribution < 1.29 is 4.79 Å². The Kier molecular flexibility index (Phi) is 2.90. The molecule has 0 fully saturated rings. The van der Waals surface area contributed by atoms with Gasteiger partial charge in [0, 0.05) is 5.56 Å². The molecule has 1 heterocycles. The maximum Gasteiger partial charge on any atom is 0.230 e. The first-order chi connectivity index (χ1) is 9.36. The van der Waals surface area contributed by atoms with Gasteiger partial charge in [-0.1, -0.05) is 48.5 Å². The quantitative estimate of drug-likeness (QED) is 0.670. The van der Waals surface area contributed by atoms with Gasteiger partial charge in [-0.2, -0.15) is 5.10 Å². The largest absolute Gasteiger partial charge is 0.285 e. The van der Waals surface area contributed by atoms with E-state index in [0.29, 0.717) is 11.4 Å². The van der Waals surface area contributed by atoms with Crippen molar-refractivity contribution in [3.8, 4) is 5.69 Å². The highest BCUT2D eigenvalue weighted by atomic mass is 16.1. The second-order valence-corrected chi connectivity index (χ2v) is 4.03. The van der Waals surface area contributed by atoms with Crippen molar-refractivity contribution in [1.82, 2.24) is 14.8 Å². The average molecular weight is 249 g/mol. The van der Waals surface area contributed by atoms with Crippen molar-refractivity contribution in [2.75, 3.05) is 0 Å². The summed E-state index contributed by atoms with van der Waals surface area (Å²) < 4.78 is 1.55. The summed E-state index contributed by atoms with van der Waals surface area (Å²) in [5.41, 5.74) is 1.42. The molecule has 0 saturated carbocycles. The molecule has 4 heteroatoms. The van der Waals surface area contributed by atoms with E-state index in [1.165, 1.54) is 6.33 Å². The molecule has 0 atom stereocenters. The molecule has 0 unspecified atom stereocenters. The van der Waals surface area contributed by atoms with E-state index in [1.807, 2.05) is 48.5 Å². The Balaban J connectivity index is 2.04. The Labute approximate surface area is 110 Å². The number of benzene rings is 2. The van der Waals surface area contributed by atoms with E-state index < -0.39 is 0 Å². The lowest BCUT2D eigenvalue weighted by Crippen LogP contribution is -2.11. The Morgan fingerprint density at radius 1 is 0.895 bits per heavy atom. The zero-order valence-electron chi connectivity index (χ0n) is 10.1. The summed E-state index contributed by atoms with van der Waals surface area (Å²) in [6.45, 7) is 0. The molecule has 0 aliphatic rings. The van der Waals surface area contributed by atoms with Crippen LogP contribution >= 0.6 is 0 Å². The molecule has 3 rings (SSSR count). The van der Waals surface area contributed by atoms with Gasteiger partial charge in [-0.15, -0.1) is 0 Å². The van der Waals surface area contributed by atoms with Gasteiger partial charge in [0.15, 0.2) is 0 Å². The average Bonchev–Trinajstić information content (AvgIpc) is 2.98. The molecule has 0 aliphatic heterocycles. The van der Waals surface area contributed by atoms with Crippen molar-refractivity contribution in [2.24, 2.45) is 0 Å². The molecule has 3 aromatic rings. The van der Waals surface area contributed by atoms with Crippen LogP contribution in [-0.4, -0.2) is 20.5 Å². The number of carbonyl (C=O) groups excluding carboxylic acids is 1. The van der Waals surface area contributed by atoms with E-state index >= 15 is 0 Å². The third-order valence-corrected chi connectivity index (χ3v) is 2.79. The van der Waals surface area contributed by atoms with Crippen LogP contribution in [0.1, 0.15) is 16.2 Å². The summed E-state index contributed by atoms with van der Waals surface area (Å²) in [4.78, 5) is 16.4. The van der Waals surface area contributed by atoms with Gasteiger partial charge in [-0.3, -0.25) is 4.79 Å². The van der Waals surface area contributed by atoms with Crippen molar-refractivity contribution in [1.29, 1.82) is 0 Å². The minimum atomic E-state index is -0.137. The third kappa shape index (κ3) is 2.15. The van der Waals surface area contributed by atoms with E-state index in [1.54, 1.807) is 16.8 Å². The maximum atomic E-state index is 12.4. The van der Waals surface area contributed by atoms with E-state index in [-0.39, 0.29) is 5.78 Å². The summed E-state index contributed by atoms with van der Waals surface area (Å²) in [5, 5.41) is 4.12. The normalized spacial score (nSPS) is 10.3. The Morgan fingerprint density at radius 2 is 1.53 bits per heavy atom. The summed E-state index contributed by atoms with van der Waals surface area (Å²) in [5.74, 6) is 0.180. The second-order valence-electron chi connectivity index (χ2n) is 4.03. The van der Waals surface area contributed by atoms with Crippen LogP contribution in [0.4, 0.5) is 0 Å². The number of carbonyl (C=O) groups is 1. The highest BCUT2D eigenvalue weighted by molar-refractivity contribution is 6.06. The fourth-order valence-corrected chi connectivity index (χ4v) is 1.87. The molecule has 0 spiro atoms. The fourth-order valence-electron chi connectivity index (χ4n) is 1.87. The second kappa shape index (κ2) is 4.86. The molecule has 19 heavy (non-hydrogen) atoms. The topological polar surface area (TPSA) is 47.8 Å². The molecule has 0 N–H and O–H groups in total. The van der Waals surface area contributed by atoms with Gasteiger partial charge < -0.3 is 0 Å².